The standard InChI is InChI=1S/C22H26N4O9/c1-11-6-8-15(9-7-11)23-22-24-19(21(30)31-5)26(25-22)20-18(34-14(4)29)17(33-13(3)28)16(35-20)10-32-12(2)27/h6-9,16-18,20H,10H2,1-5H3,(H,23,25)/t16-,17-,18-,20-/m1/s1. The van der Waals surface area contributed by atoms with Crippen molar-refractivity contribution in [3.8, 4) is 0 Å². The maximum Gasteiger partial charge on any atom is 0.376 e. The summed E-state index contributed by atoms with van der Waals surface area (Å²) < 4.78 is 27.6. The number of carbonyl (C=O) groups is 4. The molecule has 1 aromatic carbocycles. The molecule has 1 aromatic heterocycles. The van der Waals surface area contributed by atoms with Crippen molar-refractivity contribution in [2.45, 2.75) is 52.2 Å². The quantitative estimate of drug-likeness (QED) is 0.420. The van der Waals surface area contributed by atoms with Gasteiger partial charge in [-0.15, -0.1) is 5.10 Å². The largest absolute Gasteiger partial charge is 0.463 e. The van der Waals surface area contributed by atoms with Crippen molar-refractivity contribution in [1.29, 1.82) is 0 Å². The van der Waals surface area contributed by atoms with Crippen molar-refractivity contribution in [3.63, 3.8) is 0 Å². The minimum Gasteiger partial charge on any atom is -0.463 e. The molecule has 0 radical (unpaired) electrons. The monoisotopic (exact) mass is 490 g/mol. The number of methoxy groups -OCH3 is 1. The number of anilines is 2. The Bertz CT molecular complexity index is 1100. The molecule has 1 aliphatic rings. The van der Waals surface area contributed by atoms with Crippen LogP contribution in [-0.2, 0) is 38.1 Å². The van der Waals surface area contributed by atoms with Crippen LogP contribution in [0.1, 0.15) is 43.2 Å². The molecule has 3 rings (SSSR count). The van der Waals surface area contributed by atoms with Gasteiger partial charge in [0.05, 0.1) is 7.11 Å². The molecular formula is C22H26N4O9. The summed E-state index contributed by atoms with van der Waals surface area (Å²) in [5.41, 5.74) is 1.70. The lowest BCUT2D eigenvalue weighted by Gasteiger charge is -2.23. The lowest BCUT2D eigenvalue weighted by molar-refractivity contribution is -0.166. The van der Waals surface area contributed by atoms with Gasteiger partial charge in [0.25, 0.3) is 0 Å². The first kappa shape index (κ1) is 25.6. The minimum atomic E-state index is -1.26. The Morgan fingerprint density at radius 1 is 1.00 bits per heavy atom. The van der Waals surface area contributed by atoms with E-state index < -0.39 is 48.4 Å². The van der Waals surface area contributed by atoms with Gasteiger partial charge in [-0.2, -0.15) is 4.98 Å². The van der Waals surface area contributed by atoms with Gasteiger partial charge in [-0.05, 0) is 19.1 Å². The van der Waals surface area contributed by atoms with Crippen LogP contribution in [0.3, 0.4) is 0 Å². The fourth-order valence-electron chi connectivity index (χ4n) is 3.44. The van der Waals surface area contributed by atoms with E-state index in [2.05, 4.69) is 15.4 Å². The molecule has 188 valence electrons. The number of ether oxygens (including phenoxy) is 5. The highest BCUT2D eigenvalue weighted by Crippen LogP contribution is 2.35. The third-order valence-corrected chi connectivity index (χ3v) is 4.89. The van der Waals surface area contributed by atoms with Crippen LogP contribution in [0.4, 0.5) is 11.6 Å². The van der Waals surface area contributed by atoms with Crippen LogP contribution in [0.15, 0.2) is 24.3 Å². The molecule has 13 heteroatoms. The SMILES string of the molecule is COC(=O)c1nc(Nc2ccc(C)cc2)nn1[C@@H]1O[C@H](COC(C)=O)[C@@H](OC(C)=O)[C@H]1OC(C)=O. The zero-order valence-corrected chi connectivity index (χ0v) is 19.8. The summed E-state index contributed by atoms with van der Waals surface area (Å²) in [6.45, 7) is 5.16. The number of benzene rings is 1. The minimum absolute atomic E-state index is 0.0342. The number of hydrogen-bond donors (Lipinski definition) is 1. The van der Waals surface area contributed by atoms with Crippen molar-refractivity contribution < 1.29 is 42.9 Å². The molecule has 0 amide bonds. The Morgan fingerprint density at radius 2 is 1.63 bits per heavy atom. The van der Waals surface area contributed by atoms with Gasteiger partial charge in [-0.1, -0.05) is 17.7 Å². The van der Waals surface area contributed by atoms with E-state index in [1.165, 1.54) is 21.0 Å². The van der Waals surface area contributed by atoms with Gasteiger partial charge < -0.3 is 29.0 Å². The van der Waals surface area contributed by atoms with Crippen LogP contribution in [-0.4, -0.2) is 70.7 Å². The average Bonchev–Trinajstić information content (AvgIpc) is 3.34. The average molecular weight is 490 g/mol. The Kier molecular flexibility index (Phi) is 8.02. The molecule has 0 aliphatic carbocycles. The predicted molar refractivity (Wildman–Crippen MR) is 117 cm³/mol. The van der Waals surface area contributed by atoms with Crippen molar-refractivity contribution in [1.82, 2.24) is 14.8 Å². The van der Waals surface area contributed by atoms with E-state index in [4.69, 9.17) is 23.7 Å². The normalized spacial score (nSPS) is 21.2. The fourth-order valence-corrected chi connectivity index (χ4v) is 3.44. The number of carbonyl (C=O) groups excluding carboxylic acids is 4. The Hall–Kier alpha value is -4.00. The van der Waals surface area contributed by atoms with Crippen molar-refractivity contribution >= 4 is 35.5 Å². The third-order valence-electron chi connectivity index (χ3n) is 4.89. The molecule has 2 heterocycles. The Labute approximate surface area is 200 Å². The number of aromatic nitrogens is 3. The molecule has 1 aliphatic heterocycles. The summed E-state index contributed by atoms with van der Waals surface area (Å²) in [4.78, 5) is 51.7. The van der Waals surface area contributed by atoms with Gasteiger partial charge in [0.15, 0.2) is 18.4 Å². The summed E-state index contributed by atoms with van der Waals surface area (Å²) in [6.07, 6.45) is -4.70. The highest BCUT2D eigenvalue weighted by Gasteiger charge is 2.52. The summed E-state index contributed by atoms with van der Waals surface area (Å²) in [6, 6.07) is 7.35. The molecule has 0 unspecified atom stereocenters. The Balaban J connectivity index is 2.02. The van der Waals surface area contributed by atoms with Gasteiger partial charge >= 0.3 is 23.9 Å². The topological polar surface area (TPSA) is 157 Å². The second-order valence-corrected chi connectivity index (χ2v) is 7.70. The molecule has 1 N–H and O–H groups in total. The molecule has 4 atom stereocenters. The van der Waals surface area contributed by atoms with Gasteiger partial charge in [0.2, 0.25) is 11.8 Å². The summed E-state index contributed by atoms with van der Waals surface area (Å²) in [5.74, 6) is -3.05. The van der Waals surface area contributed by atoms with Crippen molar-refractivity contribution in [3.05, 3.63) is 35.7 Å². The zero-order valence-electron chi connectivity index (χ0n) is 19.8. The second-order valence-electron chi connectivity index (χ2n) is 7.70. The maximum atomic E-state index is 12.5. The number of nitrogens with one attached hydrogen (secondary N) is 1. The number of hydrogen-bond acceptors (Lipinski definition) is 12. The van der Waals surface area contributed by atoms with Crippen LogP contribution < -0.4 is 5.32 Å². The highest BCUT2D eigenvalue weighted by atomic mass is 16.7. The van der Waals surface area contributed by atoms with E-state index in [1.807, 2.05) is 19.1 Å². The Morgan fingerprint density at radius 3 is 2.20 bits per heavy atom. The molecule has 0 saturated carbocycles. The second kappa shape index (κ2) is 11.0. The van der Waals surface area contributed by atoms with E-state index in [1.54, 1.807) is 12.1 Å². The van der Waals surface area contributed by atoms with Gasteiger partial charge in [-0.3, -0.25) is 14.4 Å². The van der Waals surface area contributed by atoms with Crippen LogP contribution in [0, 0.1) is 6.92 Å². The molecule has 0 bridgehead atoms. The molecule has 35 heavy (non-hydrogen) atoms. The summed E-state index contributed by atoms with van der Waals surface area (Å²) >= 11 is 0. The number of aryl methyl sites for hydroxylation is 1. The van der Waals surface area contributed by atoms with E-state index in [0.29, 0.717) is 5.69 Å². The molecule has 13 nitrogen and oxygen atoms in total. The first-order valence-corrected chi connectivity index (χ1v) is 10.6. The van der Waals surface area contributed by atoms with Crippen molar-refractivity contribution in [2.24, 2.45) is 0 Å². The predicted octanol–water partition coefficient (Wildman–Crippen LogP) is 1.44. The number of rotatable bonds is 8. The molecule has 1 fully saturated rings. The highest BCUT2D eigenvalue weighted by molar-refractivity contribution is 5.86. The van der Waals surface area contributed by atoms with Gasteiger partial charge in [-0.25, -0.2) is 9.48 Å². The lowest BCUT2D eigenvalue weighted by atomic mass is 10.1. The fraction of sp³-hybridized carbons (Fsp3) is 0.455. The summed E-state index contributed by atoms with van der Waals surface area (Å²) in [7, 11) is 1.17. The number of esters is 4. The van der Waals surface area contributed by atoms with Gasteiger partial charge in [0.1, 0.15) is 12.7 Å². The maximum absolute atomic E-state index is 12.5. The first-order valence-electron chi connectivity index (χ1n) is 10.6. The molecule has 0 spiro atoms. The van der Waals surface area contributed by atoms with Crippen LogP contribution >= 0.6 is 0 Å². The van der Waals surface area contributed by atoms with E-state index in [-0.39, 0.29) is 18.4 Å². The lowest BCUT2D eigenvalue weighted by Crippen LogP contribution is -2.41. The molecular weight excluding hydrogens is 464 g/mol. The van der Waals surface area contributed by atoms with E-state index in [0.717, 1.165) is 17.2 Å². The van der Waals surface area contributed by atoms with E-state index in [9.17, 15) is 19.2 Å². The van der Waals surface area contributed by atoms with Crippen LogP contribution in [0.25, 0.3) is 0 Å². The molecule has 2 aromatic rings. The smallest absolute Gasteiger partial charge is 0.376 e. The zero-order chi connectivity index (χ0) is 25.7. The number of nitrogens with zero attached hydrogens (tertiary/aromatic N) is 3. The third kappa shape index (κ3) is 6.32. The van der Waals surface area contributed by atoms with Crippen LogP contribution in [0.5, 0.6) is 0 Å². The van der Waals surface area contributed by atoms with Crippen molar-refractivity contribution in [2.75, 3.05) is 19.0 Å². The summed E-state index contributed by atoms with van der Waals surface area (Å²) in [5, 5.41) is 7.28. The molecule has 1 saturated heterocycles. The first-order chi connectivity index (χ1) is 16.6. The van der Waals surface area contributed by atoms with Crippen LogP contribution in [0.2, 0.25) is 0 Å². The van der Waals surface area contributed by atoms with Gasteiger partial charge in [0, 0.05) is 26.5 Å². The van der Waals surface area contributed by atoms with E-state index >= 15 is 0 Å².